The summed E-state index contributed by atoms with van der Waals surface area (Å²) in [6.07, 6.45) is 0. The molecule has 0 spiro atoms. The van der Waals surface area contributed by atoms with Crippen LogP contribution >= 0.6 is 25.3 Å². The first kappa shape index (κ1) is 7.84. The van der Waals surface area contributed by atoms with E-state index < -0.39 is 0 Å². The summed E-state index contributed by atoms with van der Waals surface area (Å²) in [5, 5.41) is 2.70. The average Bonchev–Trinajstić information content (AvgIpc) is 1.77. The van der Waals surface area contributed by atoms with E-state index in [0.717, 1.165) is 38.2 Å². The van der Waals surface area contributed by atoms with Crippen LogP contribution in [0, 0.1) is 0 Å². The second kappa shape index (κ2) is 3.80. The zero-order chi connectivity index (χ0) is 5.98. The molecule has 1 saturated heterocycles. The molecule has 0 N–H and O–H groups in total. The van der Waals surface area contributed by atoms with Crippen LogP contribution in [0.4, 0.5) is 0 Å². The van der Waals surface area contributed by atoms with Crippen molar-refractivity contribution in [3.8, 4) is 0 Å². The van der Waals surface area contributed by atoms with E-state index in [1.807, 2.05) is 0 Å². The molecule has 0 aliphatic carbocycles. The summed E-state index contributed by atoms with van der Waals surface area (Å²) in [6, 6.07) is 0. The quantitative estimate of drug-likeness (QED) is 0.474. The van der Waals surface area contributed by atoms with Gasteiger partial charge in [-0.3, -0.25) is 0 Å². The molecule has 1 aliphatic rings. The molecule has 4 heteroatoms. The van der Waals surface area contributed by atoms with E-state index in [1.54, 1.807) is 0 Å². The first-order valence-corrected chi connectivity index (χ1v) is 7.82. The van der Waals surface area contributed by atoms with Gasteiger partial charge in [0.1, 0.15) is 0 Å². The summed E-state index contributed by atoms with van der Waals surface area (Å²) in [7, 11) is 0. The molecule has 0 bridgehead atoms. The molecule has 2 unspecified atom stereocenters. The van der Waals surface area contributed by atoms with Gasteiger partial charge in [0, 0.05) is 0 Å². The average molecular weight is 278 g/mol. The van der Waals surface area contributed by atoms with Crippen molar-refractivity contribution in [2.45, 2.75) is 18.9 Å². The molecule has 1 rings (SSSR count). The van der Waals surface area contributed by atoms with Crippen molar-refractivity contribution in [2.24, 2.45) is 0 Å². The molecule has 1 heterocycles. The molecule has 0 aromatic rings. The van der Waals surface area contributed by atoms with E-state index in [0.29, 0.717) is 0 Å². The second-order valence-electron chi connectivity index (χ2n) is 1.58. The number of thiol groups is 2. The maximum absolute atomic E-state index is 4.41. The predicted octanol–water partition coefficient (Wildman–Crippen LogP) is 0.757. The molecule has 1 aliphatic heterocycles. The Morgan fingerprint density at radius 1 is 1.00 bits per heavy atom. The first-order valence-electron chi connectivity index (χ1n) is 2.38. The normalized spacial score (nSPS) is 39.8. The van der Waals surface area contributed by atoms with Crippen molar-refractivity contribution in [3.63, 3.8) is 0 Å². The molecular weight excluding hydrogens is 270 g/mol. The van der Waals surface area contributed by atoms with Gasteiger partial charge >= 0.3 is 74.1 Å². The third kappa shape index (κ3) is 2.55. The van der Waals surface area contributed by atoms with E-state index in [4.69, 9.17) is 0 Å². The van der Waals surface area contributed by atoms with Crippen molar-refractivity contribution in [1.82, 2.24) is 0 Å². The minimum atomic E-state index is 0.755. The van der Waals surface area contributed by atoms with Gasteiger partial charge in [-0.2, -0.15) is 0 Å². The van der Waals surface area contributed by atoms with Crippen LogP contribution in [0.25, 0.3) is 0 Å². The van der Waals surface area contributed by atoms with Crippen molar-refractivity contribution in [3.05, 3.63) is 0 Å². The fourth-order valence-electron chi connectivity index (χ4n) is 0.483. The molecule has 48 valence electrons. The van der Waals surface area contributed by atoms with Crippen molar-refractivity contribution in [1.29, 1.82) is 0 Å². The summed E-state index contributed by atoms with van der Waals surface area (Å²) < 4.78 is 1.51. The molecule has 1 fully saturated rings. The van der Waals surface area contributed by atoms with Gasteiger partial charge in [0.15, 0.2) is 0 Å². The first-order chi connectivity index (χ1) is 3.79. The minimum absolute atomic E-state index is 0.755. The van der Waals surface area contributed by atoms with Crippen molar-refractivity contribution < 1.29 is 0 Å². The third-order valence-corrected chi connectivity index (χ3v) is 10.5. The Labute approximate surface area is 73.7 Å². The second-order valence-corrected chi connectivity index (χ2v) is 9.58. The zero-order valence-corrected chi connectivity index (χ0v) is 9.49. The predicted molar refractivity (Wildman–Crippen MR) is 46.7 cm³/mol. The molecule has 8 heavy (non-hydrogen) atoms. The Balaban J connectivity index is 2.19. The molecule has 0 aromatic heterocycles. The monoisotopic (exact) mass is 280 g/mol. The number of rotatable bonds is 0. The Bertz CT molecular complexity index is 60.4. The van der Waals surface area contributed by atoms with Crippen molar-refractivity contribution >= 4 is 55.2 Å². The topological polar surface area (TPSA) is 0 Å². The van der Waals surface area contributed by atoms with Crippen LogP contribution in [-0.2, 0) is 0 Å². The van der Waals surface area contributed by atoms with Crippen LogP contribution in [0.1, 0.15) is 0 Å². The Kier molecular flexibility index (Phi) is 3.72. The van der Waals surface area contributed by atoms with E-state index in [2.05, 4.69) is 25.3 Å². The van der Waals surface area contributed by atoms with Crippen LogP contribution < -0.4 is 0 Å². The third-order valence-electron chi connectivity index (χ3n) is 0.862. The van der Waals surface area contributed by atoms with Gasteiger partial charge in [0.25, 0.3) is 0 Å². The molecule has 0 radical (unpaired) electrons. The van der Waals surface area contributed by atoms with Gasteiger partial charge in [-0.15, -0.1) is 0 Å². The summed E-state index contributed by atoms with van der Waals surface area (Å²) in [6.45, 7) is 0. The van der Waals surface area contributed by atoms with E-state index in [1.165, 1.54) is 10.6 Å². The van der Waals surface area contributed by atoms with Crippen LogP contribution in [0.5, 0.6) is 0 Å². The SMILES string of the molecule is SC1C[Se]C(S)C[Se]1. The summed E-state index contributed by atoms with van der Waals surface area (Å²) in [4.78, 5) is 0. The van der Waals surface area contributed by atoms with E-state index >= 15 is 0 Å². The van der Waals surface area contributed by atoms with Gasteiger partial charge in [0.2, 0.25) is 0 Å². The summed E-state index contributed by atoms with van der Waals surface area (Å²) >= 11 is 10.4. The van der Waals surface area contributed by atoms with Gasteiger partial charge < -0.3 is 0 Å². The van der Waals surface area contributed by atoms with Crippen LogP contribution in [0.15, 0.2) is 0 Å². The van der Waals surface area contributed by atoms with E-state index in [-0.39, 0.29) is 0 Å². The fraction of sp³-hybridized carbons (Fsp3) is 1.00. The van der Waals surface area contributed by atoms with Crippen LogP contribution in [0.2, 0.25) is 10.6 Å². The van der Waals surface area contributed by atoms with Crippen LogP contribution in [-0.4, -0.2) is 38.2 Å². The molecular formula is C4H8S2Se2. The van der Waals surface area contributed by atoms with Gasteiger partial charge in [-0.05, 0) is 0 Å². The van der Waals surface area contributed by atoms with Gasteiger partial charge in [-0.25, -0.2) is 0 Å². The molecule has 0 aromatic carbocycles. The Morgan fingerprint density at radius 2 is 1.38 bits per heavy atom. The molecule has 2 atom stereocenters. The van der Waals surface area contributed by atoms with Gasteiger partial charge in [0.05, 0.1) is 0 Å². The summed E-state index contributed by atoms with van der Waals surface area (Å²) in [5.41, 5.74) is 0. The Morgan fingerprint density at radius 3 is 1.62 bits per heavy atom. The molecule has 0 nitrogen and oxygen atoms in total. The molecule has 0 saturated carbocycles. The summed E-state index contributed by atoms with van der Waals surface area (Å²) in [5.74, 6) is 0. The van der Waals surface area contributed by atoms with Crippen molar-refractivity contribution in [2.75, 3.05) is 0 Å². The maximum atomic E-state index is 4.41. The number of hydrogen-bond acceptors (Lipinski definition) is 2. The molecule has 0 amide bonds. The number of hydrogen-bond donors (Lipinski definition) is 2. The fourth-order valence-corrected chi connectivity index (χ4v) is 8.11. The standard InChI is InChI=1S/C4H8S2Se2/c5-3-1-7-4(6)2-8-3/h3-6H,1-2H2. The van der Waals surface area contributed by atoms with Crippen LogP contribution in [0.3, 0.4) is 0 Å². The van der Waals surface area contributed by atoms with Gasteiger partial charge in [-0.1, -0.05) is 0 Å². The zero-order valence-electron chi connectivity index (χ0n) is 4.28. The van der Waals surface area contributed by atoms with E-state index in [9.17, 15) is 0 Å². The Hall–Kier alpha value is 1.74.